The Balaban J connectivity index is 1.58. The first-order valence-electron chi connectivity index (χ1n) is 11.3. The van der Waals surface area contributed by atoms with Gasteiger partial charge in [-0.25, -0.2) is 0 Å². The van der Waals surface area contributed by atoms with Gasteiger partial charge in [0.25, 0.3) is 0 Å². The van der Waals surface area contributed by atoms with Crippen molar-refractivity contribution >= 4 is 58.2 Å². The molecule has 2 amide bonds. The second-order valence-electron chi connectivity index (χ2n) is 10.5. The van der Waals surface area contributed by atoms with E-state index in [1.807, 2.05) is 6.07 Å². The van der Waals surface area contributed by atoms with E-state index in [1.54, 1.807) is 30.3 Å². The van der Waals surface area contributed by atoms with Crippen LogP contribution in [0.2, 0.25) is 20.1 Å². The summed E-state index contributed by atoms with van der Waals surface area (Å²) in [6.45, 7) is 7.13. The van der Waals surface area contributed by atoms with Crippen LogP contribution in [-0.4, -0.2) is 24.4 Å². The standard InChI is InChI=1S/C26H30Cl4N2O2/c1-25(2)12-18(32-24(34)11-17-5-7-20(28)22(30)9-17)13-26(3,14-25)15-31-23(33)10-16-4-6-19(27)21(29)8-16/h4-9,18H,10-15H2,1-3H3,(H,31,33)(H,32,34)/t18-,26+/m1/s1. The van der Waals surface area contributed by atoms with Crippen LogP contribution in [0.25, 0.3) is 0 Å². The van der Waals surface area contributed by atoms with E-state index in [0.717, 1.165) is 30.4 Å². The summed E-state index contributed by atoms with van der Waals surface area (Å²) in [5, 5.41) is 8.09. The number of amides is 2. The van der Waals surface area contributed by atoms with Crippen LogP contribution in [-0.2, 0) is 22.4 Å². The van der Waals surface area contributed by atoms with Crippen molar-refractivity contribution in [3.05, 3.63) is 67.6 Å². The molecule has 8 heteroatoms. The summed E-state index contributed by atoms with van der Waals surface area (Å²) in [5.74, 6) is -0.115. The zero-order valence-electron chi connectivity index (χ0n) is 19.6. The number of hydrogen-bond donors (Lipinski definition) is 2. The van der Waals surface area contributed by atoms with Crippen LogP contribution >= 0.6 is 46.4 Å². The van der Waals surface area contributed by atoms with E-state index >= 15 is 0 Å². The van der Waals surface area contributed by atoms with Gasteiger partial charge in [0, 0.05) is 12.6 Å². The SMILES string of the molecule is CC1(C)C[C@@H](NC(=O)Cc2ccc(Cl)c(Cl)c2)C[C@](C)(CNC(=O)Cc2ccc(Cl)c(Cl)c2)C1. The number of carbonyl (C=O) groups is 2. The van der Waals surface area contributed by atoms with Gasteiger partial charge in [0.2, 0.25) is 11.8 Å². The molecular formula is C26H30Cl4N2O2. The molecule has 3 rings (SSSR count). The molecule has 0 heterocycles. The van der Waals surface area contributed by atoms with Crippen LogP contribution in [0.15, 0.2) is 36.4 Å². The van der Waals surface area contributed by atoms with Crippen LogP contribution in [0.1, 0.15) is 51.2 Å². The van der Waals surface area contributed by atoms with Gasteiger partial charge in [0.1, 0.15) is 0 Å². The maximum absolute atomic E-state index is 12.7. The lowest BCUT2D eigenvalue weighted by atomic mass is 9.62. The molecule has 1 fully saturated rings. The van der Waals surface area contributed by atoms with E-state index in [2.05, 4.69) is 31.4 Å². The molecular weight excluding hydrogens is 514 g/mol. The topological polar surface area (TPSA) is 58.2 Å². The van der Waals surface area contributed by atoms with Crippen LogP contribution in [0.5, 0.6) is 0 Å². The Morgan fingerprint density at radius 3 is 1.88 bits per heavy atom. The fourth-order valence-corrected chi connectivity index (χ4v) is 5.83. The van der Waals surface area contributed by atoms with Crippen LogP contribution in [0.4, 0.5) is 0 Å². The number of benzene rings is 2. The van der Waals surface area contributed by atoms with Crippen molar-refractivity contribution in [1.29, 1.82) is 0 Å². The third-order valence-corrected chi connectivity index (χ3v) is 7.70. The molecule has 0 radical (unpaired) electrons. The van der Waals surface area contributed by atoms with Crippen molar-refractivity contribution in [2.45, 2.75) is 58.9 Å². The van der Waals surface area contributed by atoms with Gasteiger partial charge in [-0.1, -0.05) is 79.3 Å². The zero-order valence-corrected chi connectivity index (χ0v) is 22.6. The molecule has 2 atom stereocenters. The summed E-state index contributed by atoms with van der Waals surface area (Å²) < 4.78 is 0. The molecule has 1 aliphatic rings. The number of carbonyl (C=O) groups excluding carboxylic acids is 2. The van der Waals surface area contributed by atoms with Gasteiger partial charge in [-0.2, -0.15) is 0 Å². The Bertz CT molecular complexity index is 1070. The second kappa shape index (κ2) is 11.1. The Morgan fingerprint density at radius 1 is 0.824 bits per heavy atom. The first kappa shape index (κ1) is 27.1. The lowest BCUT2D eigenvalue weighted by Crippen LogP contribution is -2.50. The maximum atomic E-state index is 12.7. The minimum Gasteiger partial charge on any atom is -0.355 e. The molecule has 2 aromatic rings. The van der Waals surface area contributed by atoms with Crippen molar-refractivity contribution in [2.24, 2.45) is 10.8 Å². The molecule has 0 bridgehead atoms. The summed E-state index contributed by atoms with van der Waals surface area (Å²) >= 11 is 24.1. The van der Waals surface area contributed by atoms with Gasteiger partial charge in [-0.15, -0.1) is 0 Å². The fourth-order valence-electron chi connectivity index (χ4n) is 5.19. The van der Waals surface area contributed by atoms with Gasteiger partial charge >= 0.3 is 0 Å². The van der Waals surface area contributed by atoms with Gasteiger partial charge in [0.05, 0.1) is 32.9 Å². The van der Waals surface area contributed by atoms with Crippen molar-refractivity contribution < 1.29 is 9.59 Å². The van der Waals surface area contributed by atoms with Crippen LogP contribution < -0.4 is 10.6 Å². The predicted octanol–water partition coefficient (Wildman–Crippen LogP) is 6.90. The summed E-state index contributed by atoms with van der Waals surface area (Å²) in [5.41, 5.74) is 1.52. The smallest absolute Gasteiger partial charge is 0.224 e. The molecule has 0 aromatic heterocycles. The van der Waals surface area contributed by atoms with Crippen molar-refractivity contribution in [1.82, 2.24) is 10.6 Å². The first-order valence-corrected chi connectivity index (χ1v) is 12.8. The molecule has 34 heavy (non-hydrogen) atoms. The molecule has 184 valence electrons. The molecule has 0 spiro atoms. The lowest BCUT2D eigenvalue weighted by Gasteiger charge is -2.47. The van der Waals surface area contributed by atoms with Crippen LogP contribution in [0, 0.1) is 10.8 Å². The summed E-state index contributed by atoms with van der Waals surface area (Å²) in [6.07, 6.45) is 3.10. The van der Waals surface area contributed by atoms with Gasteiger partial charge in [-0.3, -0.25) is 9.59 Å². The van der Waals surface area contributed by atoms with Gasteiger partial charge in [-0.05, 0) is 65.5 Å². The molecule has 0 saturated heterocycles. The highest BCUT2D eigenvalue weighted by Crippen LogP contribution is 2.45. The molecule has 1 aliphatic carbocycles. The minimum absolute atomic E-state index is 0.0241. The minimum atomic E-state index is -0.142. The third kappa shape index (κ3) is 7.78. The van der Waals surface area contributed by atoms with Crippen molar-refractivity contribution in [2.75, 3.05) is 6.54 Å². The van der Waals surface area contributed by atoms with E-state index in [-0.39, 0.29) is 41.5 Å². The molecule has 2 N–H and O–H groups in total. The molecule has 0 aliphatic heterocycles. The van der Waals surface area contributed by atoms with Crippen LogP contribution in [0.3, 0.4) is 0 Å². The zero-order chi connectivity index (χ0) is 25.1. The average molecular weight is 544 g/mol. The Kier molecular flexibility index (Phi) is 8.84. The highest BCUT2D eigenvalue weighted by molar-refractivity contribution is 6.42. The largest absolute Gasteiger partial charge is 0.355 e. The fraction of sp³-hybridized carbons (Fsp3) is 0.462. The van der Waals surface area contributed by atoms with E-state index < -0.39 is 0 Å². The van der Waals surface area contributed by atoms with E-state index in [4.69, 9.17) is 46.4 Å². The number of nitrogens with one attached hydrogen (secondary N) is 2. The monoisotopic (exact) mass is 542 g/mol. The number of rotatable bonds is 7. The maximum Gasteiger partial charge on any atom is 0.224 e. The van der Waals surface area contributed by atoms with Gasteiger partial charge < -0.3 is 10.6 Å². The quantitative estimate of drug-likeness (QED) is 0.399. The van der Waals surface area contributed by atoms with Gasteiger partial charge in [0.15, 0.2) is 0 Å². The third-order valence-electron chi connectivity index (χ3n) is 6.22. The lowest BCUT2D eigenvalue weighted by molar-refractivity contribution is -0.123. The summed E-state index contributed by atoms with van der Waals surface area (Å²) in [7, 11) is 0. The number of hydrogen-bond acceptors (Lipinski definition) is 2. The number of halogens is 4. The highest BCUT2D eigenvalue weighted by Gasteiger charge is 2.41. The molecule has 2 aromatic carbocycles. The Labute approximate surface area is 221 Å². The normalized spacial score (nSPS) is 21.7. The Hall–Kier alpha value is -1.46. The summed E-state index contributed by atoms with van der Waals surface area (Å²) in [4.78, 5) is 25.3. The Morgan fingerprint density at radius 2 is 1.35 bits per heavy atom. The molecule has 1 saturated carbocycles. The predicted molar refractivity (Wildman–Crippen MR) is 141 cm³/mol. The summed E-state index contributed by atoms with van der Waals surface area (Å²) in [6, 6.07) is 10.5. The highest BCUT2D eigenvalue weighted by atomic mass is 35.5. The molecule has 4 nitrogen and oxygen atoms in total. The average Bonchev–Trinajstić information content (AvgIpc) is 2.70. The van der Waals surface area contributed by atoms with E-state index in [0.29, 0.717) is 26.6 Å². The van der Waals surface area contributed by atoms with E-state index in [9.17, 15) is 9.59 Å². The first-order chi connectivity index (χ1) is 15.8. The molecule has 0 unspecified atom stereocenters. The van der Waals surface area contributed by atoms with Crippen molar-refractivity contribution in [3.63, 3.8) is 0 Å². The van der Waals surface area contributed by atoms with Crippen molar-refractivity contribution in [3.8, 4) is 0 Å². The second-order valence-corrected chi connectivity index (χ2v) is 12.1. The van der Waals surface area contributed by atoms with E-state index in [1.165, 1.54) is 0 Å².